The Hall–Kier alpha value is -4.32. The van der Waals surface area contributed by atoms with Gasteiger partial charge in [-0.15, -0.1) is 5.10 Å². The van der Waals surface area contributed by atoms with Crippen LogP contribution in [0.3, 0.4) is 0 Å². The predicted octanol–water partition coefficient (Wildman–Crippen LogP) is 3.40. The largest absolute Gasteiger partial charge is 0.348 e. The molecule has 0 aliphatic carbocycles. The Morgan fingerprint density at radius 3 is 2.79 bits per heavy atom. The number of rotatable bonds is 7. The Kier molecular flexibility index (Phi) is 7.08. The molecule has 1 fully saturated rings. The van der Waals surface area contributed by atoms with Crippen LogP contribution in [0.1, 0.15) is 65.0 Å². The molecule has 1 atom stereocenters. The number of aryl methyl sites for hydroxylation is 2. The van der Waals surface area contributed by atoms with E-state index >= 15 is 4.39 Å². The lowest BCUT2D eigenvalue weighted by atomic mass is 9.89. The highest BCUT2D eigenvalue weighted by molar-refractivity contribution is 6.00. The zero-order valence-electron chi connectivity index (χ0n) is 24.6. The van der Waals surface area contributed by atoms with Gasteiger partial charge in [0.25, 0.3) is 5.91 Å². The lowest BCUT2D eigenvalue weighted by Crippen LogP contribution is -2.36. The van der Waals surface area contributed by atoms with E-state index in [4.69, 9.17) is 0 Å². The molecule has 4 aromatic rings. The van der Waals surface area contributed by atoms with Crippen molar-refractivity contribution in [1.29, 1.82) is 0 Å². The maximum Gasteiger partial charge on any atom is 0.270 e. The van der Waals surface area contributed by atoms with Crippen molar-refractivity contribution in [2.24, 2.45) is 0 Å². The predicted molar refractivity (Wildman–Crippen MR) is 158 cm³/mol. The Morgan fingerprint density at radius 2 is 2.02 bits per heavy atom. The summed E-state index contributed by atoms with van der Waals surface area (Å²) in [5.41, 5.74) is 5.21. The molecular weight excluding hydrogens is 549 g/mol. The molecule has 11 nitrogen and oxygen atoms in total. The van der Waals surface area contributed by atoms with Gasteiger partial charge in [0.05, 0.1) is 36.7 Å². The fourth-order valence-corrected chi connectivity index (χ4v) is 6.83. The van der Waals surface area contributed by atoms with Gasteiger partial charge >= 0.3 is 0 Å². The van der Waals surface area contributed by atoms with Crippen LogP contribution in [0.2, 0.25) is 0 Å². The second-order valence-corrected chi connectivity index (χ2v) is 11.9. The summed E-state index contributed by atoms with van der Waals surface area (Å²) in [4.78, 5) is 35.8. The minimum Gasteiger partial charge on any atom is -0.348 e. The zero-order valence-corrected chi connectivity index (χ0v) is 24.6. The SMILES string of the molecule is CCn1ncc2c1CN(C(=O)c1cc3c([C@@H]4CCN(C)C4)cc(C4=CCCN(C(=O)CCn5ccnn5)C4)c(F)c3[nH]1)C2. The summed E-state index contributed by atoms with van der Waals surface area (Å²) in [5.74, 6) is -0.294. The van der Waals surface area contributed by atoms with Crippen molar-refractivity contribution in [3.8, 4) is 0 Å². The molecule has 0 saturated carbocycles. The smallest absolute Gasteiger partial charge is 0.270 e. The first kappa shape index (κ1) is 27.5. The second-order valence-electron chi connectivity index (χ2n) is 11.9. The number of nitrogens with zero attached hydrogens (tertiary/aromatic N) is 8. The minimum absolute atomic E-state index is 0.00536. The quantitative estimate of drug-likeness (QED) is 0.356. The van der Waals surface area contributed by atoms with E-state index in [0.717, 1.165) is 53.8 Å². The number of carbonyl (C=O) groups is 2. The van der Waals surface area contributed by atoms with E-state index in [-0.39, 0.29) is 23.5 Å². The molecule has 224 valence electrons. The Balaban J connectivity index is 1.19. The molecule has 6 heterocycles. The van der Waals surface area contributed by atoms with Crippen molar-refractivity contribution in [2.45, 2.75) is 58.3 Å². The minimum atomic E-state index is -0.376. The van der Waals surface area contributed by atoms with Gasteiger partial charge in [0.1, 0.15) is 5.69 Å². The third-order valence-corrected chi connectivity index (χ3v) is 9.15. The van der Waals surface area contributed by atoms with Gasteiger partial charge in [-0.3, -0.25) is 19.0 Å². The fraction of sp³-hybridized carbons (Fsp3) is 0.452. The van der Waals surface area contributed by atoms with Gasteiger partial charge in [-0.25, -0.2) is 4.39 Å². The number of aromatic amines is 1. The number of nitrogens with one attached hydrogen (secondary N) is 1. The van der Waals surface area contributed by atoms with Crippen LogP contribution in [0.4, 0.5) is 4.39 Å². The second kappa shape index (κ2) is 11.1. The summed E-state index contributed by atoms with van der Waals surface area (Å²) in [5, 5.41) is 12.9. The highest BCUT2D eigenvalue weighted by Crippen LogP contribution is 2.38. The normalized spacial score (nSPS) is 19.0. The van der Waals surface area contributed by atoms with Gasteiger partial charge in [0, 0.05) is 61.9 Å². The number of hydrogen-bond acceptors (Lipinski definition) is 6. The number of likely N-dealkylation sites (tertiary alicyclic amines) is 1. The van der Waals surface area contributed by atoms with Crippen LogP contribution in [0.5, 0.6) is 0 Å². The molecule has 0 radical (unpaired) electrons. The number of hydrogen-bond donors (Lipinski definition) is 1. The summed E-state index contributed by atoms with van der Waals surface area (Å²) < 4.78 is 20.0. The summed E-state index contributed by atoms with van der Waals surface area (Å²) in [6, 6.07) is 3.81. The summed E-state index contributed by atoms with van der Waals surface area (Å²) >= 11 is 0. The third-order valence-electron chi connectivity index (χ3n) is 9.15. The first-order valence-electron chi connectivity index (χ1n) is 15.1. The lowest BCUT2D eigenvalue weighted by molar-refractivity contribution is -0.131. The van der Waals surface area contributed by atoms with Crippen molar-refractivity contribution in [2.75, 3.05) is 33.2 Å². The first-order valence-corrected chi connectivity index (χ1v) is 15.1. The van der Waals surface area contributed by atoms with Crippen molar-refractivity contribution in [1.82, 2.24) is 44.5 Å². The van der Waals surface area contributed by atoms with Crippen LogP contribution >= 0.6 is 0 Å². The first-order chi connectivity index (χ1) is 20.9. The average molecular weight is 586 g/mol. The van der Waals surface area contributed by atoms with E-state index in [1.54, 1.807) is 26.9 Å². The molecular formula is C31H36FN9O2. The van der Waals surface area contributed by atoms with E-state index in [2.05, 4.69) is 32.3 Å². The third kappa shape index (κ3) is 5.03. The number of carbonyl (C=O) groups excluding carboxylic acids is 2. The molecule has 1 aromatic carbocycles. The standard InChI is InChI=1S/C31H36FN9O2/c1-3-41-27-19-39(18-22(27)15-34-41)31(43)26-14-25-23(21-6-10-37(2)16-21)13-24(29(32)30(25)35-26)20-5-4-9-38(17-20)28(42)7-11-40-12-8-33-36-40/h5,8,12-15,21,35H,3-4,6-7,9-11,16-19H2,1-2H3/t21-/m1/s1. The number of halogens is 1. The number of benzene rings is 1. The fourth-order valence-electron chi connectivity index (χ4n) is 6.83. The number of fused-ring (bicyclic) bond motifs is 2. The highest BCUT2D eigenvalue weighted by Gasteiger charge is 2.32. The van der Waals surface area contributed by atoms with Crippen LogP contribution in [-0.2, 0) is 31.0 Å². The van der Waals surface area contributed by atoms with Crippen molar-refractivity contribution >= 4 is 28.3 Å². The monoisotopic (exact) mass is 585 g/mol. The maximum atomic E-state index is 16.4. The number of H-pyrrole nitrogens is 1. The van der Waals surface area contributed by atoms with Gasteiger partial charge in [-0.05, 0) is 62.5 Å². The van der Waals surface area contributed by atoms with Crippen molar-refractivity contribution in [3.05, 3.63) is 70.7 Å². The molecule has 3 aliphatic heterocycles. The summed E-state index contributed by atoms with van der Waals surface area (Å²) in [6.45, 7) is 6.98. The Bertz CT molecular complexity index is 1720. The van der Waals surface area contributed by atoms with E-state index in [1.807, 2.05) is 36.0 Å². The molecule has 0 spiro atoms. The zero-order chi connectivity index (χ0) is 29.7. The molecule has 1 saturated heterocycles. The number of amides is 2. The van der Waals surface area contributed by atoms with Crippen LogP contribution in [0.15, 0.2) is 36.8 Å². The van der Waals surface area contributed by atoms with Gasteiger partial charge in [-0.2, -0.15) is 5.10 Å². The summed E-state index contributed by atoms with van der Waals surface area (Å²) in [7, 11) is 2.10. The molecule has 0 unspecified atom stereocenters. The van der Waals surface area contributed by atoms with Gasteiger partial charge < -0.3 is 19.7 Å². The van der Waals surface area contributed by atoms with Crippen LogP contribution in [0, 0.1) is 5.82 Å². The highest BCUT2D eigenvalue weighted by atomic mass is 19.1. The lowest BCUT2D eigenvalue weighted by Gasteiger charge is -2.28. The molecule has 43 heavy (non-hydrogen) atoms. The maximum absolute atomic E-state index is 16.4. The molecule has 3 aliphatic rings. The molecule has 12 heteroatoms. The van der Waals surface area contributed by atoms with Crippen LogP contribution in [-0.4, -0.2) is 89.5 Å². The number of aromatic nitrogens is 6. The van der Waals surface area contributed by atoms with Crippen LogP contribution < -0.4 is 0 Å². The summed E-state index contributed by atoms with van der Waals surface area (Å²) in [6.07, 6.45) is 9.12. The van der Waals surface area contributed by atoms with Crippen molar-refractivity contribution in [3.63, 3.8) is 0 Å². The number of likely N-dealkylation sites (N-methyl/N-ethyl adjacent to an activating group) is 1. The van der Waals surface area contributed by atoms with E-state index in [1.165, 1.54) is 0 Å². The van der Waals surface area contributed by atoms with Gasteiger partial charge in [-0.1, -0.05) is 11.3 Å². The van der Waals surface area contributed by atoms with Crippen LogP contribution in [0.25, 0.3) is 16.5 Å². The van der Waals surface area contributed by atoms with Gasteiger partial charge in [0.2, 0.25) is 5.91 Å². The topological polar surface area (TPSA) is 108 Å². The van der Waals surface area contributed by atoms with E-state index in [9.17, 15) is 9.59 Å². The van der Waals surface area contributed by atoms with Crippen molar-refractivity contribution < 1.29 is 14.0 Å². The average Bonchev–Trinajstić information content (AvgIpc) is 3.85. The van der Waals surface area contributed by atoms with Gasteiger partial charge in [0.15, 0.2) is 5.82 Å². The molecule has 3 aromatic heterocycles. The Morgan fingerprint density at radius 1 is 1.14 bits per heavy atom. The molecule has 0 bridgehead atoms. The van der Waals surface area contributed by atoms with E-state index < -0.39 is 0 Å². The molecule has 7 rings (SSSR count). The van der Waals surface area contributed by atoms with E-state index in [0.29, 0.717) is 62.3 Å². The molecule has 2 amide bonds. The Labute approximate surface area is 248 Å². The molecule has 1 N–H and O–H groups in total.